The Morgan fingerprint density at radius 2 is 1.77 bits per heavy atom. The Hall–Kier alpha value is -3.87. The van der Waals surface area contributed by atoms with E-state index in [-0.39, 0.29) is 12.1 Å². The molecule has 0 aliphatic carbocycles. The van der Waals surface area contributed by atoms with Gasteiger partial charge in [0, 0.05) is 36.6 Å². The molecule has 0 aliphatic heterocycles. The normalized spacial score (nSPS) is 11.4. The summed E-state index contributed by atoms with van der Waals surface area (Å²) in [5, 5.41) is 2.20. The third-order valence-electron chi connectivity index (χ3n) is 5.19. The number of aromatic nitrogens is 4. The predicted molar refractivity (Wildman–Crippen MR) is 111 cm³/mol. The van der Waals surface area contributed by atoms with Gasteiger partial charge in [-0.3, -0.25) is 9.36 Å². The molecular formula is C23H16F2N4O. The lowest BCUT2D eigenvalue weighted by atomic mass is 9.99. The summed E-state index contributed by atoms with van der Waals surface area (Å²) in [5.41, 5.74) is 0.897. The number of rotatable bonds is 3. The Labute approximate surface area is 169 Å². The highest BCUT2D eigenvalue weighted by Gasteiger charge is 2.16. The van der Waals surface area contributed by atoms with Gasteiger partial charge in [-0.05, 0) is 40.8 Å². The molecule has 0 fully saturated rings. The summed E-state index contributed by atoms with van der Waals surface area (Å²) in [6.45, 7) is -0.260. The highest BCUT2D eigenvalue weighted by Crippen LogP contribution is 2.31. The molecule has 3 aromatic heterocycles. The van der Waals surface area contributed by atoms with Crippen molar-refractivity contribution in [2.24, 2.45) is 7.05 Å². The first-order valence-corrected chi connectivity index (χ1v) is 9.34. The van der Waals surface area contributed by atoms with Crippen molar-refractivity contribution in [2.75, 3.05) is 0 Å². The first kappa shape index (κ1) is 18.2. The average Bonchev–Trinajstić information content (AvgIpc) is 3.12. The van der Waals surface area contributed by atoms with Crippen LogP contribution in [0.5, 0.6) is 0 Å². The van der Waals surface area contributed by atoms with E-state index in [1.165, 1.54) is 29.2 Å². The molecule has 0 bridgehead atoms. The van der Waals surface area contributed by atoms with E-state index < -0.39 is 17.2 Å². The van der Waals surface area contributed by atoms with Crippen LogP contribution in [-0.4, -0.2) is 19.1 Å². The molecule has 0 saturated heterocycles. The molecule has 0 amide bonds. The van der Waals surface area contributed by atoms with E-state index in [9.17, 15) is 13.6 Å². The van der Waals surface area contributed by atoms with Crippen molar-refractivity contribution >= 4 is 21.8 Å². The van der Waals surface area contributed by atoms with Crippen molar-refractivity contribution in [3.05, 3.63) is 94.9 Å². The summed E-state index contributed by atoms with van der Waals surface area (Å²) in [6.07, 6.45) is 6.66. The SMILES string of the molecule is Cn1cc2cccc(-c3cc(F)c(Cn4cnc5ncccc5c4=O)c(F)c3)c2c1. The molecule has 0 unspecified atom stereocenters. The zero-order valence-corrected chi connectivity index (χ0v) is 16.0. The molecule has 0 saturated carbocycles. The molecule has 5 rings (SSSR count). The first-order valence-electron chi connectivity index (χ1n) is 9.34. The number of pyridine rings is 1. The van der Waals surface area contributed by atoms with Crippen LogP contribution in [0.25, 0.3) is 32.9 Å². The van der Waals surface area contributed by atoms with Gasteiger partial charge in [-0.1, -0.05) is 18.2 Å². The van der Waals surface area contributed by atoms with Crippen LogP contribution in [0.4, 0.5) is 8.78 Å². The fourth-order valence-electron chi connectivity index (χ4n) is 3.74. The van der Waals surface area contributed by atoms with Gasteiger partial charge in [0.25, 0.3) is 5.56 Å². The number of benzene rings is 2. The van der Waals surface area contributed by atoms with E-state index >= 15 is 0 Å². The number of hydrogen-bond donors (Lipinski definition) is 0. The van der Waals surface area contributed by atoms with Crippen LogP contribution in [0.15, 0.2) is 72.2 Å². The van der Waals surface area contributed by atoms with Crippen LogP contribution >= 0.6 is 0 Å². The van der Waals surface area contributed by atoms with Crippen molar-refractivity contribution < 1.29 is 8.78 Å². The molecule has 0 N–H and O–H groups in total. The molecule has 7 heteroatoms. The Kier molecular flexibility index (Phi) is 4.17. The molecule has 0 atom stereocenters. The summed E-state index contributed by atoms with van der Waals surface area (Å²) in [4.78, 5) is 20.8. The number of nitrogens with zero attached hydrogens (tertiary/aromatic N) is 4. The summed E-state index contributed by atoms with van der Waals surface area (Å²) >= 11 is 0. The van der Waals surface area contributed by atoms with E-state index in [0.717, 1.165) is 16.3 Å². The quantitative estimate of drug-likeness (QED) is 0.453. The number of hydrogen-bond acceptors (Lipinski definition) is 3. The van der Waals surface area contributed by atoms with Gasteiger partial charge in [0.15, 0.2) is 5.65 Å². The van der Waals surface area contributed by atoms with E-state index in [2.05, 4.69) is 9.97 Å². The standard InChI is InChI=1S/C23H16F2N4O/c1-28-10-14-4-2-5-16(18(14)11-28)15-8-20(24)19(21(25)9-15)12-29-13-27-22-17(23(29)30)6-3-7-26-22/h2-11,13H,12H2,1H3. The van der Waals surface area contributed by atoms with Gasteiger partial charge in [0.05, 0.1) is 11.9 Å². The molecule has 0 radical (unpaired) electrons. The van der Waals surface area contributed by atoms with Gasteiger partial charge in [0.1, 0.15) is 18.0 Å². The molecular weight excluding hydrogens is 386 g/mol. The zero-order chi connectivity index (χ0) is 20.8. The summed E-state index contributed by atoms with van der Waals surface area (Å²) < 4.78 is 33.0. The second-order valence-corrected chi connectivity index (χ2v) is 7.20. The smallest absolute Gasteiger partial charge is 0.263 e. The molecule has 5 aromatic rings. The van der Waals surface area contributed by atoms with E-state index in [1.54, 1.807) is 12.1 Å². The minimum atomic E-state index is -0.712. The van der Waals surface area contributed by atoms with Crippen molar-refractivity contribution in [1.29, 1.82) is 0 Å². The number of fused-ring (bicyclic) bond motifs is 2. The number of aryl methyl sites for hydroxylation is 1. The Morgan fingerprint density at radius 1 is 0.967 bits per heavy atom. The fraction of sp³-hybridized carbons (Fsp3) is 0.0870. The topological polar surface area (TPSA) is 52.7 Å². The highest BCUT2D eigenvalue weighted by molar-refractivity contribution is 5.96. The van der Waals surface area contributed by atoms with Gasteiger partial charge >= 0.3 is 0 Å². The third-order valence-corrected chi connectivity index (χ3v) is 5.19. The van der Waals surface area contributed by atoms with Crippen molar-refractivity contribution in [3.8, 4) is 11.1 Å². The maximum atomic E-state index is 14.9. The minimum absolute atomic E-state index is 0.189. The van der Waals surface area contributed by atoms with Gasteiger partial charge < -0.3 is 4.57 Å². The highest BCUT2D eigenvalue weighted by atomic mass is 19.1. The zero-order valence-electron chi connectivity index (χ0n) is 16.0. The molecule has 148 valence electrons. The van der Waals surface area contributed by atoms with Crippen LogP contribution in [0.1, 0.15) is 5.56 Å². The Balaban J connectivity index is 1.59. The fourth-order valence-corrected chi connectivity index (χ4v) is 3.74. The molecule has 30 heavy (non-hydrogen) atoms. The van der Waals surface area contributed by atoms with Crippen LogP contribution in [0, 0.1) is 11.6 Å². The first-order chi connectivity index (χ1) is 14.5. The van der Waals surface area contributed by atoms with E-state index in [4.69, 9.17) is 0 Å². The van der Waals surface area contributed by atoms with Crippen LogP contribution in [0.3, 0.4) is 0 Å². The van der Waals surface area contributed by atoms with Gasteiger partial charge in [0.2, 0.25) is 0 Å². The van der Waals surface area contributed by atoms with Crippen molar-refractivity contribution in [1.82, 2.24) is 19.1 Å². The van der Waals surface area contributed by atoms with Crippen molar-refractivity contribution in [2.45, 2.75) is 6.54 Å². The number of halogens is 2. The summed E-state index contributed by atoms with van der Waals surface area (Å²) in [5.74, 6) is -1.42. The molecule has 3 heterocycles. The third kappa shape index (κ3) is 2.95. The van der Waals surface area contributed by atoms with E-state index in [1.807, 2.05) is 42.2 Å². The molecule has 5 nitrogen and oxygen atoms in total. The second-order valence-electron chi connectivity index (χ2n) is 7.20. The molecule has 0 aliphatic rings. The maximum absolute atomic E-state index is 14.9. The second kappa shape index (κ2) is 6.88. The lowest BCUT2D eigenvalue weighted by molar-refractivity contribution is 0.541. The van der Waals surface area contributed by atoms with Gasteiger partial charge in [-0.25, -0.2) is 18.7 Å². The average molecular weight is 402 g/mol. The summed E-state index contributed by atoms with van der Waals surface area (Å²) in [6, 6.07) is 11.5. The Bertz CT molecular complexity index is 1460. The molecule has 2 aromatic carbocycles. The van der Waals surface area contributed by atoms with E-state index in [0.29, 0.717) is 16.6 Å². The lowest BCUT2D eigenvalue weighted by Crippen LogP contribution is -2.22. The predicted octanol–water partition coefficient (Wildman–Crippen LogP) is 4.28. The van der Waals surface area contributed by atoms with Gasteiger partial charge in [-0.15, -0.1) is 0 Å². The van der Waals surface area contributed by atoms with Crippen molar-refractivity contribution in [3.63, 3.8) is 0 Å². The Morgan fingerprint density at radius 3 is 2.57 bits per heavy atom. The van der Waals surface area contributed by atoms with Crippen LogP contribution < -0.4 is 5.56 Å². The monoisotopic (exact) mass is 402 g/mol. The molecule has 0 spiro atoms. The largest absolute Gasteiger partial charge is 0.356 e. The maximum Gasteiger partial charge on any atom is 0.263 e. The lowest BCUT2D eigenvalue weighted by Gasteiger charge is -2.11. The van der Waals surface area contributed by atoms with Crippen LogP contribution in [-0.2, 0) is 13.6 Å². The summed E-state index contributed by atoms with van der Waals surface area (Å²) in [7, 11) is 1.90. The minimum Gasteiger partial charge on any atom is -0.356 e. The van der Waals surface area contributed by atoms with Crippen LogP contribution in [0.2, 0.25) is 0 Å². The van der Waals surface area contributed by atoms with Gasteiger partial charge in [-0.2, -0.15) is 0 Å².